The maximum absolute atomic E-state index is 12.1. The largest absolute Gasteiger partial charge is 0.356 e. The zero-order valence-electron chi connectivity index (χ0n) is 14.3. The topological polar surface area (TPSA) is 134 Å². The Labute approximate surface area is 158 Å². The number of hydrogen-bond acceptors (Lipinski definition) is 8. The minimum Gasteiger partial charge on any atom is -0.299 e. The molecule has 1 heterocycles. The molecule has 0 fully saturated rings. The number of anilines is 2. The summed E-state index contributed by atoms with van der Waals surface area (Å²) in [6, 6.07) is 6.63. The van der Waals surface area contributed by atoms with E-state index in [9.17, 15) is 14.9 Å². The van der Waals surface area contributed by atoms with E-state index in [1.807, 2.05) is 20.8 Å². The molecule has 10 nitrogen and oxygen atoms in total. The fourth-order valence-corrected chi connectivity index (χ4v) is 2.04. The molecule has 0 aliphatic carbocycles. The number of benzene rings is 1. The van der Waals surface area contributed by atoms with Crippen LogP contribution in [0.4, 0.5) is 17.3 Å². The van der Waals surface area contributed by atoms with Gasteiger partial charge in [0.1, 0.15) is 6.33 Å². The number of nitro groups is 1. The third kappa shape index (κ3) is 5.36. The van der Waals surface area contributed by atoms with E-state index in [-0.39, 0.29) is 17.2 Å². The summed E-state index contributed by atoms with van der Waals surface area (Å²) < 4.78 is 0.829. The van der Waals surface area contributed by atoms with E-state index in [0.29, 0.717) is 5.56 Å². The van der Waals surface area contributed by atoms with Crippen LogP contribution in [0, 0.1) is 10.1 Å². The van der Waals surface area contributed by atoms with E-state index >= 15 is 0 Å². The lowest BCUT2D eigenvalue weighted by molar-refractivity contribution is -0.383. The summed E-state index contributed by atoms with van der Waals surface area (Å²) in [5.41, 5.74) is 10.1. The molecular formula is C15H18BrN7O3. The third-order valence-electron chi connectivity index (χ3n) is 2.96. The van der Waals surface area contributed by atoms with Crippen molar-refractivity contribution in [2.24, 2.45) is 0 Å². The first kappa shape index (κ1) is 19.5. The standard InChI is InChI=1S/C15H18BrN7O3/c1-15(2,3)22-20-13-11(23(25)26)12(17-8-18-13)19-21-14(24)9-4-6-10(16)7-5-9/h4-8,22H,1-3H3,(H,21,24)(H2,17,18,19,20). The molecule has 4 N–H and O–H groups in total. The molecule has 0 aliphatic rings. The second-order valence-electron chi connectivity index (χ2n) is 6.26. The van der Waals surface area contributed by atoms with Crippen molar-refractivity contribution in [3.8, 4) is 0 Å². The predicted octanol–water partition coefficient (Wildman–Crippen LogP) is 2.62. The van der Waals surface area contributed by atoms with E-state index in [4.69, 9.17) is 0 Å². The number of carbonyl (C=O) groups excluding carboxylic acids is 1. The summed E-state index contributed by atoms with van der Waals surface area (Å²) in [5.74, 6) is -0.637. The molecular weight excluding hydrogens is 406 g/mol. The fraction of sp³-hybridized carbons (Fsp3) is 0.267. The van der Waals surface area contributed by atoms with Gasteiger partial charge in [-0.1, -0.05) is 15.9 Å². The Kier molecular flexibility index (Phi) is 6.05. The van der Waals surface area contributed by atoms with Gasteiger partial charge in [-0.15, -0.1) is 0 Å². The lowest BCUT2D eigenvalue weighted by atomic mass is 10.1. The van der Waals surface area contributed by atoms with Crippen molar-refractivity contribution in [2.45, 2.75) is 26.3 Å². The monoisotopic (exact) mass is 423 g/mol. The minimum absolute atomic E-state index is 0.0275. The highest BCUT2D eigenvalue weighted by molar-refractivity contribution is 9.10. The van der Waals surface area contributed by atoms with Crippen LogP contribution in [0.5, 0.6) is 0 Å². The summed E-state index contributed by atoms with van der Waals surface area (Å²) in [6.07, 6.45) is 1.15. The number of amides is 1. The maximum atomic E-state index is 12.1. The van der Waals surface area contributed by atoms with Crippen LogP contribution in [-0.4, -0.2) is 26.3 Å². The highest BCUT2D eigenvalue weighted by Gasteiger charge is 2.24. The normalized spacial score (nSPS) is 10.9. The van der Waals surface area contributed by atoms with Gasteiger partial charge in [0.15, 0.2) is 0 Å². The van der Waals surface area contributed by atoms with Crippen LogP contribution < -0.4 is 21.7 Å². The van der Waals surface area contributed by atoms with Crippen LogP contribution in [-0.2, 0) is 0 Å². The molecule has 26 heavy (non-hydrogen) atoms. The van der Waals surface area contributed by atoms with Gasteiger partial charge in [0.25, 0.3) is 5.91 Å². The Morgan fingerprint density at radius 2 is 1.69 bits per heavy atom. The number of nitrogens with one attached hydrogen (secondary N) is 4. The summed E-state index contributed by atoms with van der Waals surface area (Å²) in [6.45, 7) is 5.64. The average Bonchev–Trinajstić information content (AvgIpc) is 2.57. The average molecular weight is 424 g/mol. The highest BCUT2D eigenvalue weighted by Crippen LogP contribution is 2.28. The number of hydrazine groups is 2. The molecule has 0 aliphatic heterocycles. The van der Waals surface area contributed by atoms with Gasteiger partial charge in [-0.05, 0) is 45.0 Å². The van der Waals surface area contributed by atoms with Gasteiger partial charge < -0.3 is 0 Å². The molecule has 0 saturated carbocycles. The second kappa shape index (κ2) is 8.06. The van der Waals surface area contributed by atoms with Crippen molar-refractivity contribution in [3.05, 3.63) is 50.7 Å². The molecule has 1 aromatic carbocycles. The first-order valence-corrected chi connectivity index (χ1v) is 8.31. The Balaban J connectivity index is 2.16. The van der Waals surface area contributed by atoms with Gasteiger partial charge in [0.2, 0.25) is 11.6 Å². The molecule has 2 aromatic rings. The summed E-state index contributed by atoms with van der Waals surface area (Å²) in [7, 11) is 0. The Morgan fingerprint density at radius 3 is 2.23 bits per heavy atom. The highest BCUT2D eigenvalue weighted by atomic mass is 79.9. The second-order valence-corrected chi connectivity index (χ2v) is 7.18. The third-order valence-corrected chi connectivity index (χ3v) is 3.49. The van der Waals surface area contributed by atoms with Crippen molar-refractivity contribution >= 4 is 39.2 Å². The molecule has 0 atom stereocenters. The zero-order chi connectivity index (χ0) is 19.3. The van der Waals surface area contributed by atoms with Gasteiger partial charge in [0.05, 0.1) is 4.92 Å². The number of rotatable bonds is 6. The molecule has 0 radical (unpaired) electrons. The number of carbonyl (C=O) groups is 1. The van der Waals surface area contributed by atoms with Crippen LogP contribution in [0.3, 0.4) is 0 Å². The smallest absolute Gasteiger partial charge is 0.299 e. The van der Waals surface area contributed by atoms with E-state index in [1.165, 1.54) is 0 Å². The summed E-state index contributed by atoms with van der Waals surface area (Å²) >= 11 is 3.28. The van der Waals surface area contributed by atoms with E-state index < -0.39 is 16.5 Å². The van der Waals surface area contributed by atoms with Crippen molar-refractivity contribution in [3.63, 3.8) is 0 Å². The van der Waals surface area contributed by atoms with Gasteiger partial charge in [-0.3, -0.25) is 31.2 Å². The molecule has 0 bridgehead atoms. The molecule has 138 valence electrons. The fourth-order valence-electron chi connectivity index (χ4n) is 1.77. The maximum Gasteiger partial charge on any atom is 0.356 e. The lowest BCUT2D eigenvalue weighted by Gasteiger charge is -2.21. The molecule has 1 aromatic heterocycles. The van der Waals surface area contributed by atoms with E-state index in [0.717, 1.165) is 10.8 Å². The molecule has 0 spiro atoms. The lowest BCUT2D eigenvalue weighted by Crippen LogP contribution is -2.40. The summed E-state index contributed by atoms with van der Waals surface area (Å²) in [4.78, 5) is 30.6. The minimum atomic E-state index is -0.638. The van der Waals surface area contributed by atoms with Crippen LogP contribution in [0.15, 0.2) is 35.1 Å². The Hall–Kier alpha value is -2.79. The first-order chi connectivity index (χ1) is 12.2. The number of hydrogen-bond donors (Lipinski definition) is 4. The van der Waals surface area contributed by atoms with Gasteiger partial charge in [0, 0.05) is 15.6 Å². The van der Waals surface area contributed by atoms with Gasteiger partial charge >= 0.3 is 5.69 Å². The van der Waals surface area contributed by atoms with E-state index in [2.05, 4.69) is 47.6 Å². The van der Waals surface area contributed by atoms with Crippen molar-refractivity contribution < 1.29 is 9.72 Å². The SMILES string of the molecule is CC(C)(C)NNc1ncnc(NNC(=O)c2ccc(Br)cc2)c1[N+](=O)[O-]. The Bertz CT molecular complexity index is 806. The van der Waals surface area contributed by atoms with E-state index in [1.54, 1.807) is 24.3 Å². The molecule has 0 saturated heterocycles. The van der Waals surface area contributed by atoms with Crippen LogP contribution in [0.25, 0.3) is 0 Å². The quantitative estimate of drug-likeness (QED) is 0.411. The predicted molar refractivity (Wildman–Crippen MR) is 100 cm³/mol. The van der Waals surface area contributed by atoms with Crippen molar-refractivity contribution in [1.82, 2.24) is 20.8 Å². The van der Waals surface area contributed by atoms with Crippen LogP contribution >= 0.6 is 15.9 Å². The van der Waals surface area contributed by atoms with Gasteiger partial charge in [-0.2, -0.15) is 0 Å². The first-order valence-electron chi connectivity index (χ1n) is 7.52. The van der Waals surface area contributed by atoms with Crippen molar-refractivity contribution in [1.29, 1.82) is 0 Å². The Morgan fingerprint density at radius 1 is 1.12 bits per heavy atom. The van der Waals surface area contributed by atoms with Crippen LogP contribution in [0.2, 0.25) is 0 Å². The summed E-state index contributed by atoms with van der Waals surface area (Å²) in [5, 5.41) is 11.4. The molecule has 1 amide bonds. The molecule has 11 heteroatoms. The number of nitrogens with zero attached hydrogens (tertiary/aromatic N) is 3. The molecule has 0 unspecified atom stereocenters. The van der Waals surface area contributed by atoms with Gasteiger partial charge in [-0.25, -0.2) is 15.4 Å². The number of halogens is 1. The zero-order valence-corrected chi connectivity index (χ0v) is 15.9. The number of aromatic nitrogens is 2. The van der Waals surface area contributed by atoms with Crippen LogP contribution in [0.1, 0.15) is 31.1 Å². The van der Waals surface area contributed by atoms with Crippen molar-refractivity contribution in [2.75, 3.05) is 10.9 Å². The molecule has 2 rings (SSSR count).